The maximum absolute atomic E-state index is 13.8. The third kappa shape index (κ3) is 5.03. The van der Waals surface area contributed by atoms with Crippen LogP contribution in [0, 0.1) is 6.92 Å². The van der Waals surface area contributed by atoms with E-state index in [0.717, 1.165) is 5.56 Å². The molecule has 1 amide bonds. The summed E-state index contributed by atoms with van der Waals surface area (Å²) >= 11 is 2.65. The molecule has 44 heavy (non-hydrogen) atoms. The Hall–Kier alpha value is -4.88. The van der Waals surface area contributed by atoms with Gasteiger partial charge in [0, 0.05) is 11.9 Å². The van der Waals surface area contributed by atoms with Crippen LogP contribution >= 0.6 is 23.1 Å². The van der Waals surface area contributed by atoms with Crippen LogP contribution in [-0.2, 0) is 15.3 Å². The number of aromatic nitrogens is 4. The molecule has 1 atom stereocenters. The van der Waals surface area contributed by atoms with Crippen molar-refractivity contribution in [3.63, 3.8) is 0 Å². The highest BCUT2D eigenvalue weighted by Crippen LogP contribution is 2.48. The number of hydrogen-bond donors (Lipinski definition) is 1. The van der Waals surface area contributed by atoms with E-state index in [2.05, 4.69) is 15.2 Å². The number of ketones is 1. The zero-order valence-corrected chi connectivity index (χ0v) is 25.8. The second kappa shape index (κ2) is 12.0. The van der Waals surface area contributed by atoms with Gasteiger partial charge in [-0.15, -0.1) is 10.2 Å². The highest BCUT2D eigenvalue weighted by Gasteiger charge is 2.49. The standard InChI is InChI=1S/C31H27N5O6S2/c1-17-24(35-13-9-8-12-22(35)32-17)26(37)23-25(19-14-20(40-2)28(42-4)21(15-19)41-3)36(29(39)27(23)38)30-33-34-31(44-30)43-16-18-10-6-5-7-11-18/h5-15,25,37H,16H2,1-4H3/b26-23+. The van der Waals surface area contributed by atoms with Gasteiger partial charge in [0.2, 0.25) is 10.9 Å². The number of hydrogen-bond acceptors (Lipinski definition) is 11. The van der Waals surface area contributed by atoms with E-state index in [1.807, 2.05) is 36.4 Å². The van der Waals surface area contributed by atoms with Crippen molar-refractivity contribution in [2.75, 3.05) is 26.2 Å². The molecular weight excluding hydrogens is 603 g/mol. The summed E-state index contributed by atoms with van der Waals surface area (Å²) in [5.74, 6) is -0.483. The Kier molecular flexibility index (Phi) is 7.97. The van der Waals surface area contributed by atoms with Gasteiger partial charge in [-0.1, -0.05) is 59.5 Å². The zero-order valence-electron chi connectivity index (χ0n) is 24.2. The number of carbonyl (C=O) groups excluding carboxylic acids is 2. The van der Waals surface area contributed by atoms with E-state index in [1.54, 1.807) is 41.8 Å². The lowest BCUT2D eigenvalue weighted by Gasteiger charge is -2.24. The van der Waals surface area contributed by atoms with Crippen LogP contribution in [0.3, 0.4) is 0 Å². The molecule has 0 bridgehead atoms. The molecule has 6 rings (SSSR count). The van der Waals surface area contributed by atoms with Crippen molar-refractivity contribution in [1.82, 2.24) is 19.6 Å². The molecule has 1 fully saturated rings. The minimum atomic E-state index is -1.10. The monoisotopic (exact) mass is 629 g/mol. The fourth-order valence-corrected chi connectivity index (χ4v) is 7.03. The number of nitrogens with zero attached hydrogens (tertiary/aromatic N) is 5. The normalized spacial score (nSPS) is 16.1. The second-order valence-electron chi connectivity index (χ2n) is 9.73. The minimum absolute atomic E-state index is 0.133. The molecule has 224 valence electrons. The number of ether oxygens (including phenoxy) is 3. The summed E-state index contributed by atoms with van der Waals surface area (Å²) in [4.78, 5) is 33.4. The van der Waals surface area contributed by atoms with Gasteiger partial charge in [0.05, 0.1) is 38.6 Å². The van der Waals surface area contributed by atoms with Crippen LogP contribution in [0.25, 0.3) is 11.4 Å². The molecule has 0 radical (unpaired) electrons. The largest absolute Gasteiger partial charge is 0.505 e. The van der Waals surface area contributed by atoms with E-state index in [1.165, 1.54) is 49.3 Å². The van der Waals surface area contributed by atoms with Gasteiger partial charge in [-0.05, 0) is 42.3 Å². The highest BCUT2D eigenvalue weighted by molar-refractivity contribution is 8.00. The number of methoxy groups -OCH3 is 3. The van der Waals surface area contributed by atoms with Gasteiger partial charge in [0.15, 0.2) is 21.6 Å². The van der Waals surface area contributed by atoms with Gasteiger partial charge < -0.3 is 19.3 Å². The van der Waals surface area contributed by atoms with Gasteiger partial charge >= 0.3 is 5.91 Å². The van der Waals surface area contributed by atoms with Crippen LogP contribution in [0.1, 0.15) is 28.6 Å². The number of anilines is 1. The van der Waals surface area contributed by atoms with Crippen molar-refractivity contribution >= 4 is 51.3 Å². The third-order valence-electron chi connectivity index (χ3n) is 7.18. The number of carbonyl (C=O) groups is 2. The van der Waals surface area contributed by atoms with Gasteiger partial charge in [-0.25, -0.2) is 4.98 Å². The lowest BCUT2D eigenvalue weighted by Crippen LogP contribution is -2.29. The van der Waals surface area contributed by atoms with E-state index < -0.39 is 17.7 Å². The van der Waals surface area contributed by atoms with Crippen LogP contribution in [0.4, 0.5) is 5.13 Å². The lowest BCUT2D eigenvalue weighted by molar-refractivity contribution is -0.132. The molecule has 0 saturated carbocycles. The molecule has 2 aromatic carbocycles. The Bertz CT molecular complexity index is 1890. The first-order chi connectivity index (χ1) is 21.4. The first kappa shape index (κ1) is 29.2. The predicted octanol–water partition coefficient (Wildman–Crippen LogP) is 5.44. The first-order valence-corrected chi connectivity index (χ1v) is 15.2. The number of aliphatic hydroxyl groups is 1. The van der Waals surface area contributed by atoms with Crippen LogP contribution in [-0.4, -0.2) is 57.7 Å². The Labute approximate surface area is 260 Å². The van der Waals surface area contributed by atoms with Crippen molar-refractivity contribution in [2.45, 2.75) is 23.1 Å². The molecule has 0 spiro atoms. The topological polar surface area (TPSA) is 128 Å². The van der Waals surface area contributed by atoms with Crippen molar-refractivity contribution in [3.05, 3.63) is 94.9 Å². The van der Waals surface area contributed by atoms with Crippen LogP contribution in [0.15, 0.2) is 76.8 Å². The molecule has 1 aliphatic rings. The second-order valence-corrected chi connectivity index (χ2v) is 11.9. The van der Waals surface area contributed by atoms with Crippen LogP contribution in [0.5, 0.6) is 17.2 Å². The summed E-state index contributed by atoms with van der Waals surface area (Å²) in [7, 11) is 4.43. The van der Waals surface area contributed by atoms with Crippen molar-refractivity contribution in [1.29, 1.82) is 0 Å². The number of Topliss-reactive ketones (excluding diaryl/α,β-unsaturated/α-hetero) is 1. The van der Waals surface area contributed by atoms with Crippen molar-refractivity contribution in [2.24, 2.45) is 0 Å². The molecule has 1 N–H and O–H groups in total. The summed E-state index contributed by atoms with van der Waals surface area (Å²) < 4.78 is 19.0. The first-order valence-electron chi connectivity index (χ1n) is 13.4. The molecule has 13 heteroatoms. The number of pyridine rings is 1. The van der Waals surface area contributed by atoms with Gasteiger partial charge in [0.1, 0.15) is 11.3 Å². The summed E-state index contributed by atoms with van der Waals surface area (Å²) in [6.45, 7) is 1.73. The summed E-state index contributed by atoms with van der Waals surface area (Å²) in [6.07, 6.45) is 1.73. The summed E-state index contributed by atoms with van der Waals surface area (Å²) in [6, 6.07) is 17.5. The Morgan fingerprint density at radius 1 is 0.977 bits per heavy atom. The van der Waals surface area contributed by atoms with Crippen molar-refractivity contribution in [3.8, 4) is 17.2 Å². The SMILES string of the molecule is COc1cc(C2/C(=C(\O)c3c(C)nc4ccccn34)C(=O)C(=O)N2c2nnc(SCc3ccccc3)s2)cc(OC)c1OC. The van der Waals surface area contributed by atoms with E-state index >= 15 is 0 Å². The Morgan fingerprint density at radius 2 is 1.68 bits per heavy atom. The number of amides is 1. The maximum atomic E-state index is 13.8. The molecule has 11 nitrogen and oxygen atoms in total. The van der Waals surface area contributed by atoms with E-state index in [9.17, 15) is 14.7 Å². The van der Waals surface area contributed by atoms with E-state index in [0.29, 0.717) is 49.9 Å². The molecule has 4 heterocycles. The maximum Gasteiger partial charge on any atom is 0.301 e. The average Bonchev–Trinajstić information content (AvgIpc) is 3.72. The number of benzene rings is 2. The smallest absolute Gasteiger partial charge is 0.301 e. The van der Waals surface area contributed by atoms with E-state index in [4.69, 9.17) is 14.2 Å². The Balaban J connectivity index is 1.52. The van der Waals surface area contributed by atoms with Gasteiger partial charge in [-0.3, -0.25) is 18.9 Å². The van der Waals surface area contributed by atoms with E-state index in [-0.39, 0.29) is 16.5 Å². The minimum Gasteiger partial charge on any atom is -0.505 e. The summed E-state index contributed by atoms with van der Waals surface area (Å²) in [5.41, 5.74) is 2.77. The number of aliphatic hydroxyl groups excluding tert-OH is 1. The Morgan fingerprint density at radius 3 is 2.36 bits per heavy atom. The number of fused-ring (bicyclic) bond motifs is 1. The van der Waals surface area contributed by atoms with Gasteiger partial charge in [-0.2, -0.15) is 0 Å². The quantitative estimate of drug-likeness (QED) is 0.0740. The molecular formula is C31H27N5O6S2. The third-order valence-corrected chi connectivity index (χ3v) is 9.31. The van der Waals surface area contributed by atoms with Crippen LogP contribution in [0.2, 0.25) is 0 Å². The predicted molar refractivity (Wildman–Crippen MR) is 167 cm³/mol. The molecule has 1 aliphatic heterocycles. The number of rotatable bonds is 9. The molecule has 3 aromatic heterocycles. The average molecular weight is 630 g/mol. The van der Waals surface area contributed by atoms with Crippen molar-refractivity contribution < 1.29 is 28.9 Å². The fourth-order valence-electron chi connectivity index (χ4n) is 5.21. The fraction of sp³-hybridized carbons (Fsp3) is 0.194. The molecule has 1 unspecified atom stereocenters. The number of aryl methyl sites for hydroxylation is 1. The molecule has 1 saturated heterocycles. The number of thioether (sulfide) groups is 1. The number of imidazole rings is 1. The zero-order chi connectivity index (χ0) is 31.0. The van der Waals surface area contributed by atoms with Gasteiger partial charge in [0.25, 0.3) is 5.78 Å². The molecule has 0 aliphatic carbocycles. The lowest BCUT2D eigenvalue weighted by atomic mass is 9.95. The highest BCUT2D eigenvalue weighted by atomic mass is 32.2. The summed E-state index contributed by atoms with van der Waals surface area (Å²) in [5, 5.41) is 20.6. The van der Waals surface area contributed by atoms with Crippen LogP contribution < -0.4 is 19.1 Å². The molecule has 5 aromatic rings.